The molecular weight excluding hydrogens is 452 g/mol. The maximum Gasteiger partial charge on any atom is 0.259 e. The van der Waals surface area contributed by atoms with Crippen molar-refractivity contribution < 1.29 is 14.3 Å². The van der Waals surface area contributed by atoms with Gasteiger partial charge in [-0.2, -0.15) is 0 Å². The number of thiocarbonyl (C=S) groups is 1. The van der Waals surface area contributed by atoms with E-state index >= 15 is 0 Å². The van der Waals surface area contributed by atoms with Gasteiger partial charge in [-0.05, 0) is 57.4 Å². The van der Waals surface area contributed by atoms with Crippen LogP contribution in [0.1, 0.15) is 37.8 Å². The standard InChI is InChI=1S/C24H28N6O3S/c1-28-10-6-18(7-11-28)33-21-5-4-16(14-27-21)30-23(34)29(22(31)24(30)8-3-9-24)17-12-20(32-2)19(13-25)26-15-17/h4-5,12-15,18,25H,3,6-11H2,1-2H3. The number of piperidine rings is 1. The first-order chi connectivity index (χ1) is 16.5. The molecule has 1 amide bonds. The fraction of sp³-hybridized carbons (Fsp3) is 0.458. The Bertz CT molecular complexity index is 1110. The van der Waals surface area contributed by atoms with Gasteiger partial charge in [0.2, 0.25) is 5.88 Å². The second-order valence-electron chi connectivity index (χ2n) is 9.04. The van der Waals surface area contributed by atoms with Crippen molar-refractivity contribution in [1.82, 2.24) is 14.9 Å². The average Bonchev–Trinajstić information content (AvgIpc) is 3.07. The number of hydrogen-bond donors (Lipinski definition) is 1. The van der Waals surface area contributed by atoms with Crippen molar-refractivity contribution in [1.29, 1.82) is 5.41 Å². The van der Waals surface area contributed by atoms with Crippen LogP contribution in [-0.4, -0.2) is 71.0 Å². The molecule has 0 unspecified atom stereocenters. The van der Waals surface area contributed by atoms with Gasteiger partial charge in [0.05, 0.1) is 30.9 Å². The number of carbonyl (C=O) groups excluding carboxylic acids is 1. The molecule has 4 heterocycles. The van der Waals surface area contributed by atoms with Crippen LogP contribution in [0.15, 0.2) is 30.6 Å². The molecule has 178 valence electrons. The van der Waals surface area contributed by atoms with E-state index in [1.807, 2.05) is 17.0 Å². The number of amides is 1. The number of likely N-dealkylation sites (tertiary alicyclic amines) is 1. The molecule has 1 N–H and O–H groups in total. The summed E-state index contributed by atoms with van der Waals surface area (Å²) in [6, 6.07) is 5.49. The van der Waals surface area contributed by atoms with E-state index in [4.69, 9.17) is 27.1 Å². The van der Waals surface area contributed by atoms with Crippen LogP contribution in [0.5, 0.6) is 11.6 Å². The predicted octanol–water partition coefficient (Wildman–Crippen LogP) is 3.02. The summed E-state index contributed by atoms with van der Waals surface area (Å²) in [5.74, 6) is 0.938. The minimum absolute atomic E-state index is 0.0677. The first-order valence-electron chi connectivity index (χ1n) is 11.5. The molecule has 1 spiro atoms. The quantitative estimate of drug-likeness (QED) is 0.498. The highest BCUT2D eigenvalue weighted by atomic mass is 32.1. The molecule has 2 aromatic heterocycles. The van der Waals surface area contributed by atoms with E-state index in [0.29, 0.717) is 28.1 Å². The highest BCUT2D eigenvalue weighted by Crippen LogP contribution is 2.48. The molecule has 0 aromatic carbocycles. The number of rotatable bonds is 6. The minimum Gasteiger partial charge on any atom is -0.494 e. The molecule has 2 aliphatic heterocycles. The van der Waals surface area contributed by atoms with Gasteiger partial charge in [0.15, 0.2) is 5.11 Å². The van der Waals surface area contributed by atoms with E-state index in [-0.39, 0.29) is 12.0 Å². The highest BCUT2D eigenvalue weighted by molar-refractivity contribution is 7.81. The maximum atomic E-state index is 13.6. The fourth-order valence-corrected chi connectivity index (χ4v) is 5.36. The smallest absolute Gasteiger partial charge is 0.259 e. The van der Waals surface area contributed by atoms with Crippen molar-refractivity contribution in [3.8, 4) is 11.6 Å². The van der Waals surface area contributed by atoms with Crippen LogP contribution < -0.4 is 19.3 Å². The molecule has 0 bridgehead atoms. The minimum atomic E-state index is -0.706. The van der Waals surface area contributed by atoms with Gasteiger partial charge in [-0.15, -0.1) is 0 Å². The van der Waals surface area contributed by atoms with Crippen molar-refractivity contribution in [3.05, 3.63) is 36.3 Å². The van der Waals surface area contributed by atoms with Crippen LogP contribution in [0.2, 0.25) is 0 Å². The molecule has 0 atom stereocenters. The molecule has 10 heteroatoms. The zero-order chi connectivity index (χ0) is 23.9. The Labute approximate surface area is 204 Å². The van der Waals surface area contributed by atoms with Gasteiger partial charge in [0.1, 0.15) is 23.1 Å². The lowest BCUT2D eigenvalue weighted by molar-refractivity contribution is -0.123. The van der Waals surface area contributed by atoms with Gasteiger partial charge < -0.3 is 24.7 Å². The molecular formula is C24H28N6O3S. The molecule has 3 aliphatic rings. The van der Waals surface area contributed by atoms with Crippen molar-refractivity contribution in [2.45, 2.75) is 43.7 Å². The van der Waals surface area contributed by atoms with Crippen molar-refractivity contribution in [3.63, 3.8) is 0 Å². The van der Waals surface area contributed by atoms with Crippen LogP contribution in [0.25, 0.3) is 0 Å². The molecule has 1 aliphatic carbocycles. The summed E-state index contributed by atoms with van der Waals surface area (Å²) in [5, 5.41) is 7.89. The molecule has 1 saturated carbocycles. The number of pyridine rings is 2. The van der Waals surface area contributed by atoms with Gasteiger partial charge in [-0.1, -0.05) is 0 Å². The van der Waals surface area contributed by atoms with Gasteiger partial charge in [0, 0.05) is 31.4 Å². The van der Waals surface area contributed by atoms with E-state index in [9.17, 15) is 4.79 Å². The van der Waals surface area contributed by atoms with Crippen LogP contribution in [0.3, 0.4) is 0 Å². The van der Waals surface area contributed by atoms with E-state index in [2.05, 4.69) is 21.9 Å². The second kappa shape index (κ2) is 8.92. The van der Waals surface area contributed by atoms with Crippen LogP contribution in [0, 0.1) is 5.41 Å². The third-order valence-corrected chi connectivity index (χ3v) is 7.37. The Morgan fingerprint density at radius 3 is 2.50 bits per heavy atom. The predicted molar refractivity (Wildman–Crippen MR) is 133 cm³/mol. The molecule has 2 saturated heterocycles. The summed E-state index contributed by atoms with van der Waals surface area (Å²) in [7, 11) is 3.63. The lowest BCUT2D eigenvalue weighted by Crippen LogP contribution is -2.55. The molecule has 2 aromatic rings. The number of anilines is 2. The first kappa shape index (κ1) is 22.7. The van der Waals surface area contributed by atoms with E-state index in [1.54, 1.807) is 18.5 Å². The van der Waals surface area contributed by atoms with Gasteiger partial charge in [0.25, 0.3) is 5.91 Å². The summed E-state index contributed by atoms with van der Waals surface area (Å²) >= 11 is 5.82. The Hall–Kier alpha value is -3.11. The number of nitrogens with one attached hydrogen (secondary N) is 1. The zero-order valence-corrected chi connectivity index (χ0v) is 20.2. The van der Waals surface area contributed by atoms with Crippen molar-refractivity contribution >= 4 is 40.8 Å². The lowest BCUT2D eigenvalue weighted by atomic mass is 9.75. The van der Waals surface area contributed by atoms with Crippen molar-refractivity contribution in [2.75, 3.05) is 37.0 Å². The topological polar surface area (TPSA) is 94.9 Å². The van der Waals surface area contributed by atoms with Crippen LogP contribution >= 0.6 is 12.2 Å². The van der Waals surface area contributed by atoms with Crippen LogP contribution in [0.4, 0.5) is 11.4 Å². The fourth-order valence-electron chi connectivity index (χ4n) is 4.90. The number of aromatic nitrogens is 2. The van der Waals surface area contributed by atoms with Gasteiger partial charge >= 0.3 is 0 Å². The molecule has 3 fully saturated rings. The lowest BCUT2D eigenvalue weighted by Gasteiger charge is -2.42. The summed E-state index contributed by atoms with van der Waals surface area (Å²) in [6.07, 6.45) is 8.95. The Morgan fingerprint density at radius 2 is 1.91 bits per heavy atom. The second-order valence-corrected chi connectivity index (χ2v) is 9.41. The third kappa shape index (κ3) is 3.70. The van der Waals surface area contributed by atoms with E-state index in [0.717, 1.165) is 57.1 Å². The molecule has 34 heavy (non-hydrogen) atoms. The largest absolute Gasteiger partial charge is 0.494 e. The summed E-state index contributed by atoms with van der Waals surface area (Å²) in [4.78, 5) is 28.2. The molecule has 9 nitrogen and oxygen atoms in total. The number of hydrogen-bond acceptors (Lipinski definition) is 8. The zero-order valence-electron chi connectivity index (χ0n) is 19.4. The maximum absolute atomic E-state index is 13.6. The number of ether oxygens (including phenoxy) is 2. The highest BCUT2D eigenvalue weighted by Gasteiger charge is 2.59. The normalized spacial score (nSPS) is 20.5. The Morgan fingerprint density at radius 1 is 1.18 bits per heavy atom. The Kier molecular flexibility index (Phi) is 5.95. The molecule has 0 radical (unpaired) electrons. The van der Waals surface area contributed by atoms with E-state index < -0.39 is 5.54 Å². The van der Waals surface area contributed by atoms with Gasteiger partial charge in [-0.25, -0.2) is 9.97 Å². The van der Waals surface area contributed by atoms with Gasteiger partial charge in [-0.3, -0.25) is 9.69 Å². The number of nitrogens with zero attached hydrogens (tertiary/aromatic N) is 5. The summed E-state index contributed by atoms with van der Waals surface area (Å²) in [5.41, 5.74) is 0.986. The summed E-state index contributed by atoms with van der Waals surface area (Å²) in [6.45, 7) is 2.04. The third-order valence-electron chi connectivity index (χ3n) is 7.01. The monoisotopic (exact) mass is 480 g/mol. The molecule has 5 rings (SSSR count). The number of carbonyl (C=O) groups is 1. The number of methoxy groups -OCH3 is 1. The van der Waals surface area contributed by atoms with Crippen molar-refractivity contribution in [2.24, 2.45) is 0 Å². The van der Waals surface area contributed by atoms with Crippen LogP contribution in [-0.2, 0) is 4.79 Å². The first-order valence-corrected chi connectivity index (χ1v) is 11.9. The van der Waals surface area contributed by atoms with E-state index in [1.165, 1.54) is 12.0 Å². The summed E-state index contributed by atoms with van der Waals surface area (Å²) < 4.78 is 11.4. The SMILES string of the molecule is COc1cc(N2C(=O)C3(CCC3)N(c3ccc(OC4CCN(C)CC4)nc3)C2=S)cnc1C=N. The Balaban J connectivity index is 1.41. The average molecular weight is 481 g/mol.